The van der Waals surface area contributed by atoms with Crippen molar-refractivity contribution >= 4 is 56.5 Å². The van der Waals surface area contributed by atoms with E-state index in [-0.39, 0.29) is 16.6 Å². The maximum Gasteiger partial charge on any atom is 0.293 e. The fourth-order valence-corrected chi connectivity index (χ4v) is 2.89. The normalized spacial score (nSPS) is 10.4. The highest BCUT2D eigenvalue weighted by atomic mass is 79.9. The Morgan fingerprint density at radius 1 is 1.15 bits per heavy atom. The molecule has 0 aliphatic rings. The van der Waals surface area contributed by atoms with Gasteiger partial charge in [0.2, 0.25) is 0 Å². The average molecular weight is 454 g/mol. The highest BCUT2D eigenvalue weighted by Gasteiger charge is 2.14. The second-order valence-corrected chi connectivity index (χ2v) is 6.97. The molecule has 0 unspecified atom stereocenters. The molecule has 0 saturated carbocycles. The second-order valence-electron chi connectivity index (χ2n) is 5.21. The predicted octanol–water partition coefficient (Wildman–Crippen LogP) is 5.63. The van der Waals surface area contributed by atoms with Crippen molar-refractivity contribution in [1.82, 2.24) is 5.32 Å². The van der Waals surface area contributed by atoms with E-state index in [9.17, 15) is 9.18 Å². The van der Waals surface area contributed by atoms with Crippen molar-refractivity contribution < 1.29 is 13.6 Å². The van der Waals surface area contributed by atoms with Gasteiger partial charge in [-0.2, -0.15) is 0 Å². The first-order valence-electron chi connectivity index (χ1n) is 7.35. The molecule has 1 heterocycles. The van der Waals surface area contributed by atoms with E-state index in [1.54, 1.807) is 30.3 Å². The minimum Gasteiger partial charge on any atom is -0.451 e. The van der Waals surface area contributed by atoms with Crippen LogP contribution < -0.4 is 10.6 Å². The molecule has 0 fully saturated rings. The molecule has 4 nitrogen and oxygen atoms in total. The Kier molecular flexibility index (Phi) is 5.70. The number of thiocarbonyl (C=S) groups is 1. The zero-order valence-corrected chi connectivity index (χ0v) is 16.2. The Morgan fingerprint density at radius 2 is 1.96 bits per heavy atom. The fourth-order valence-electron chi connectivity index (χ4n) is 2.17. The van der Waals surface area contributed by atoms with Gasteiger partial charge in [0, 0.05) is 15.1 Å². The molecular formula is C18H11BrClFN2O2S. The Bertz CT molecular complexity index is 993. The summed E-state index contributed by atoms with van der Waals surface area (Å²) in [5.41, 5.74) is 0.895. The van der Waals surface area contributed by atoms with Crippen LogP contribution in [-0.2, 0) is 0 Å². The summed E-state index contributed by atoms with van der Waals surface area (Å²) in [5, 5.41) is 5.59. The fraction of sp³-hybridized carbons (Fsp3) is 0. The predicted molar refractivity (Wildman–Crippen MR) is 107 cm³/mol. The Morgan fingerprint density at radius 3 is 2.69 bits per heavy atom. The number of furan rings is 1. The van der Waals surface area contributed by atoms with E-state index in [0.29, 0.717) is 15.3 Å². The van der Waals surface area contributed by atoms with Gasteiger partial charge >= 0.3 is 0 Å². The molecule has 2 aromatic carbocycles. The molecule has 1 amide bonds. The first-order chi connectivity index (χ1) is 12.4. The van der Waals surface area contributed by atoms with Gasteiger partial charge in [0.05, 0.1) is 5.69 Å². The zero-order valence-electron chi connectivity index (χ0n) is 13.1. The van der Waals surface area contributed by atoms with E-state index in [0.717, 1.165) is 5.56 Å². The molecule has 132 valence electrons. The van der Waals surface area contributed by atoms with Crippen LogP contribution in [-0.4, -0.2) is 11.0 Å². The lowest BCUT2D eigenvalue weighted by atomic mass is 10.2. The van der Waals surface area contributed by atoms with E-state index in [4.69, 9.17) is 28.2 Å². The van der Waals surface area contributed by atoms with E-state index in [1.807, 2.05) is 6.07 Å². The lowest BCUT2D eigenvalue weighted by Gasteiger charge is -2.09. The molecule has 26 heavy (non-hydrogen) atoms. The molecule has 2 N–H and O–H groups in total. The van der Waals surface area contributed by atoms with Crippen LogP contribution in [0.15, 0.2) is 63.5 Å². The third kappa shape index (κ3) is 4.49. The maximum atomic E-state index is 13.8. The van der Waals surface area contributed by atoms with Gasteiger partial charge in [0.15, 0.2) is 10.9 Å². The summed E-state index contributed by atoms with van der Waals surface area (Å²) in [4.78, 5) is 12.2. The summed E-state index contributed by atoms with van der Waals surface area (Å²) in [7, 11) is 0. The molecule has 0 atom stereocenters. The SMILES string of the molecule is O=C(NC(=S)Nc1ccc(Br)cc1F)c1ccc(-c2cccc(Cl)c2)o1. The molecular weight excluding hydrogens is 443 g/mol. The van der Waals surface area contributed by atoms with Gasteiger partial charge < -0.3 is 9.73 Å². The molecule has 0 aliphatic heterocycles. The van der Waals surface area contributed by atoms with Crippen LogP contribution in [0.5, 0.6) is 0 Å². The quantitative estimate of drug-likeness (QED) is 0.505. The second kappa shape index (κ2) is 7.99. The third-order valence-corrected chi connectivity index (χ3v) is 4.28. The largest absolute Gasteiger partial charge is 0.451 e. The van der Waals surface area contributed by atoms with Crippen molar-refractivity contribution in [2.45, 2.75) is 0 Å². The lowest BCUT2D eigenvalue weighted by Crippen LogP contribution is -2.34. The molecule has 0 spiro atoms. The number of halogens is 3. The van der Waals surface area contributed by atoms with Gasteiger partial charge in [-0.25, -0.2) is 4.39 Å². The molecule has 3 rings (SSSR count). The molecule has 0 bridgehead atoms. The van der Waals surface area contributed by atoms with Crippen LogP contribution in [0.3, 0.4) is 0 Å². The number of anilines is 1. The smallest absolute Gasteiger partial charge is 0.293 e. The van der Waals surface area contributed by atoms with Gasteiger partial charge in [0.25, 0.3) is 5.91 Å². The zero-order chi connectivity index (χ0) is 18.7. The van der Waals surface area contributed by atoms with Crippen molar-refractivity contribution in [3.05, 3.63) is 75.7 Å². The Labute approximate surface area is 167 Å². The van der Waals surface area contributed by atoms with E-state index >= 15 is 0 Å². The van der Waals surface area contributed by atoms with Crippen molar-refractivity contribution in [2.75, 3.05) is 5.32 Å². The Balaban J connectivity index is 1.67. The molecule has 0 saturated heterocycles. The standard InChI is InChI=1S/C18H11BrClFN2O2S/c19-11-4-5-14(13(21)9-11)22-18(26)23-17(24)16-7-6-15(25-16)10-2-1-3-12(20)8-10/h1-9H,(H2,22,23,24,26). The van der Waals surface area contributed by atoms with E-state index in [2.05, 4.69) is 26.6 Å². The van der Waals surface area contributed by atoms with Crippen LogP contribution in [0.1, 0.15) is 10.6 Å². The lowest BCUT2D eigenvalue weighted by molar-refractivity contribution is 0.0951. The van der Waals surface area contributed by atoms with Crippen LogP contribution in [0.2, 0.25) is 5.02 Å². The highest BCUT2D eigenvalue weighted by Crippen LogP contribution is 2.25. The summed E-state index contributed by atoms with van der Waals surface area (Å²) in [5.74, 6) is -0.485. The number of benzene rings is 2. The number of hydrogen-bond donors (Lipinski definition) is 2. The summed E-state index contributed by atoms with van der Waals surface area (Å²) in [6, 6.07) is 14.7. The summed E-state index contributed by atoms with van der Waals surface area (Å²) < 4.78 is 19.9. The molecule has 8 heteroatoms. The van der Waals surface area contributed by atoms with Crippen LogP contribution >= 0.6 is 39.7 Å². The minimum absolute atomic E-state index is 0.0445. The van der Waals surface area contributed by atoms with E-state index in [1.165, 1.54) is 18.2 Å². The van der Waals surface area contributed by atoms with Gasteiger partial charge in [-0.15, -0.1) is 0 Å². The van der Waals surface area contributed by atoms with Crippen molar-refractivity contribution in [3.63, 3.8) is 0 Å². The monoisotopic (exact) mass is 452 g/mol. The number of hydrogen-bond acceptors (Lipinski definition) is 3. The van der Waals surface area contributed by atoms with E-state index < -0.39 is 11.7 Å². The number of amides is 1. The topological polar surface area (TPSA) is 54.3 Å². The van der Waals surface area contributed by atoms with Crippen molar-refractivity contribution in [1.29, 1.82) is 0 Å². The summed E-state index contributed by atoms with van der Waals surface area (Å²) in [6.07, 6.45) is 0. The number of rotatable bonds is 3. The van der Waals surface area contributed by atoms with Gasteiger partial charge in [-0.1, -0.05) is 39.7 Å². The number of nitrogens with one attached hydrogen (secondary N) is 2. The van der Waals surface area contributed by atoms with Crippen LogP contribution in [0.25, 0.3) is 11.3 Å². The summed E-state index contributed by atoms with van der Waals surface area (Å²) in [6.45, 7) is 0. The molecule has 0 aliphatic carbocycles. The summed E-state index contributed by atoms with van der Waals surface area (Å²) >= 11 is 14.2. The van der Waals surface area contributed by atoms with Gasteiger partial charge in [-0.3, -0.25) is 10.1 Å². The first kappa shape index (κ1) is 18.6. The number of carbonyl (C=O) groups is 1. The van der Waals surface area contributed by atoms with Gasteiger partial charge in [0.1, 0.15) is 11.6 Å². The molecule has 1 aromatic heterocycles. The Hall–Kier alpha value is -2.22. The minimum atomic E-state index is -0.548. The van der Waals surface area contributed by atoms with Gasteiger partial charge in [-0.05, 0) is 54.7 Å². The van der Waals surface area contributed by atoms with Crippen molar-refractivity contribution in [3.8, 4) is 11.3 Å². The average Bonchev–Trinajstić information content (AvgIpc) is 3.08. The number of carbonyl (C=O) groups excluding carboxylic acids is 1. The molecule has 3 aromatic rings. The third-order valence-electron chi connectivity index (χ3n) is 3.35. The first-order valence-corrected chi connectivity index (χ1v) is 8.93. The van der Waals surface area contributed by atoms with Crippen LogP contribution in [0.4, 0.5) is 10.1 Å². The van der Waals surface area contributed by atoms with Crippen molar-refractivity contribution in [2.24, 2.45) is 0 Å². The van der Waals surface area contributed by atoms with Crippen LogP contribution in [0, 0.1) is 5.82 Å². The highest BCUT2D eigenvalue weighted by molar-refractivity contribution is 9.10. The molecule has 0 radical (unpaired) electrons. The maximum absolute atomic E-state index is 13.8.